The van der Waals surface area contributed by atoms with Gasteiger partial charge in [0.1, 0.15) is 23.7 Å². The Bertz CT molecular complexity index is 656. The molecule has 0 fully saturated rings. The normalized spacial score (nSPS) is 10.3. The summed E-state index contributed by atoms with van der Waals surface area (Å²) in [5.41, 5.74) is 1.71. The number of hydrogen-bond donors (Lipinski definition) is 1. The average Bonchev–Trinajstić information content (AvgIpc) is 2.38. The number of carbonyl (C=O) groups is 1. The minimum absolute atomic E-state index is 0.122. The van der Waals surface area contributed by atoms with Gasteiger partial charge >= 0.3 is 5.97 Å². The molecule has 20 heavy (non-hydrogen) atoms. The summed E-state index contributed by atoms with van der Waals surface area (Å²) in [6.07, 6.45) is 0. The number of carboxylic acids is 1. The quantitative estimate of drug-likeness (QED) is 0.808. The van der Waals surface area contributed by atoms with Crippen LogP contribution in [0.15, 0.2) is 36.4 Å². The molecule has 0 saturated heterocycles. The lowest BCUT2D eigenvalue weighted by Gasteiger charge is -2.11. The maximum absolute atomic E-state index is 13.0. The second-order valence-electron chi connectivity index (χ2n) is 4.31. The molecular formula is C15H12FIO3. The summed E-state index contributed by atoms with van der Waals surface area (Å²) in [5, 5.41) is 9.15. The van der Waals surface area contributed by atoms with Crippen LogP contribution >= 0.6 is 22.6 Å². The van der Waals surface area contributed by atoms with Crippen LogP contribution in [-0.2, 0) is 6.61 Å². The fourth-order valence-electron chi connectivity index (χ4n) is 1.77. The molecule has 0 amide bonds. The molecule has 0 aliphatic carbocycles. The van der Waals surface area contributed by atoms with Gasteiger partial charge in [0.2, 0.25) is 0 Å². The molecule has 0 spiro atoms. The Morgan fingerprint density at radius 2 is 2.05 bits per heavy atom. The molecule has 0 bridgehead atoms. The van der Waals surface area contributed by atoms with E-state index in [-0.39, 0.29) is 18.0 Å². The minimum atomic E-state index is -1.03. The third-order valence-electron chi connectivity index (χ3n) is 2.86. The highest BCUT2D eigenvalue weighted by atomic mass is 127. The molecule has 0 unspecified atom stereocenters. The van der Waals surface area contributed by atoms with Crippen LogP contribution in [0.2, 0.25) is 0 Å². The zero-order valence-corrected chi connectivity index (χ0v) is 12.8. The van der Waals surface area contributed by atoms with Crippen molar-refractivity contribution < 1.29 is 19.0 Å². The Labute approximate surface area is 129 Å². The lowest BCUT2D eigenvalue weighted by molar-refractivity contribution is 0.0691. The van der Waals surface area contributed by atoms with Gasteiger partial charge in [-0.15, -0.1) is 0 Å². The first kappa shape index (κ1) is 14.8. The first-order valence-corrected chi connectivity index (χ1v) is 6.96. The molecule has 0 radical (unpaired) electrons. The summed E-state index contributed by atoms with van der Waals surface area (Å²) in [7, 11) is 0. The molecule has 0 aliphatic rings. The van der Waals surface area contributed by atoms with Gasteiger partial charge < -0.3 is 9.84 Å². The highest BCUT2D eigenvalue weighted by Crippen LogP contribution is 2.23. The second kappa shape index (κ2) is 6.21. The predicted molar refractivity (Wildman–Crippen MR) is 81.6 cm³/mol. The third kappa shape index (κ3) is 3.47. The molecule has 104 valence electrons. The van der Waals surface area contributed by atoms with E-state index in [0.29, 0.717) is 5.75 Å². The van der Waals surface area contributed by atoms with E-state index in [1.165, 1.54) is 12.1 Å². The number of hydrogen-bond acceptors (Lipinski definition) is 2. The van der Waals surface area contributed by atoms with Gasteiger partial charge in [-0.25, -0.2) is 9.18 Å². The van der Waals surface area contributed by atoms with Crippen molar-refractivity contribution in [2.24, 2.45) is 0 Å². The van der Waals surface area contributed by atoms with E-state index in [2.05, 4.69) is 0 Å². The Morgan fingerprint density at radius 1 is 1.30 bits per heavy atom. The lowest BCUT2D eigenvalue weighted by Crippen LogP contribution is -2.04. The van der Waals surface area contributed by atoms with Crippen molar-refractivity contribution in [3.05, 3.63) is 62.5 Å². The molecule has 2 rings (SSSR count). The summed E-state index contributed by atoms with van der Waals surface area (Å²) < 4.78 is 19.4. The van der Waals surface area contributed by atoms with Crippen molar-refractivity contribution in [3.63, 3.8) is 0 Å². The van der Waals surface area contributed by atoms with Crippen molar-refractivity contribution in [1.82, 2.24) is 0 Å². The summed E-state index contributed by atoms with van der Waals surface area (Å²) in [6, 6.07) is 9.37. The van der Waals surface area contributed by atoms with Crippen LogP contribution < -0.4 is 4.74 Å². The minimum Gasteiger partial charge on any atom is -0.488 e. The number of aromatic carboxylic acids is 1. The van der Waals surface area contributed by atoms with Crippen molar-refractivity contribution in [2.75, 3.05) is 0 Å². The van der Waals surface area contributed by atoms with E-state index in [9.17, 15) is 9.18 Å². The Morgan fingerprint density at radius 3 is 2.70 bits per heavy atom. The number of rotatable bonds is 4. The smallest absolute Gasteiger partial charge is 0.339 e. The van der Waals surface area contributed by atoms with Crippen LogP contribution in [0.5, 0.6) is 5.75 Å². The van der Waals surface area contributed by atoms with Crippen molar-refractivity contribution >= 4 is 28.6 Å². The second-order valence-corrected chi connectivity index (χ2v) is 5.55. The van der Waals surface area contributed by atoms with Crippen molar-refractivity contribution in [2.45, 2.75) is 13.5 Å². The molecule has 2 aromatic rings. The van der Waals surface area contributed by atoms with Crippen LogP contribution in [0, 0.1) is 16.3 Å². The topological polar surface area (TPSA) is 46.5 Å². The molecule has 2 aromatic carbocycles. The first-order chi connectivity index (χ1) is 9.47. The van der Waals surface area contributed by atoms with E-state index in [1.54, 1.807) is 31.2 Å². The van der Waals surface area contributed by atoms with Gasteiger partial charge in [-0.05, 0) is 71.0 Å². The van der Waals surface area contributed by atoms with Crippen molar-refractivity contribution in [1.29, 1.82) is 0 Å². The largest absolute Gasteiger partial charge is 0.488 e. The fourth-order valence-corrected chi connectivity index (χ4v) is 2.26. The van der Waals surface area contributed by atoms with E-state index < -0.39 is 5.97 Å². The van der Waals surface area contributed by atoms with Crippen LogP contribution in [0.25, 0.3) is 0 Å². The molecule has 0 atom stereocenters. The first-order valence-electron chi connectivity index (χ1n) is 5.88. The molecule has 0 heterocycles. The third-order valence-corrected chi connectivity index (χ3v) is 3.53. The number of halogens is 2. The molecule has 5 heteroatoms. The predicted octanol–water partition coefficient (Wildman–Crippen LogP) is 4.02. The fraction of sp³-hybridized carbons (Fsp3) is 0.133. The molecule has 0 aromatic heterocycles. The zero-order valence-electron chi connectivity index (χ0n) is 10.7. The van der Waals surface area contributed by atoms with Crippen molar-refractivity contribution in [3.8, 4) is 5.75 Å². The molecular weight excluding hydrogens is 374 g/mol. The van der Waals surface area contributed by atoms with Gasteiger partial charge in [0, 0.05) is 3.57 Å². The highest BCUT2D eigenvalue weighted by molar-refractivity contribution is 14.1. The zero-order chi connectivity index (χ0) is 14.7. The SMILES string of the molecule is Cc1cc(F)ccc1COc1ccc(I)cc1C(=O)O. The van der Waals surface area contributed by atoms with Gasteiger partial charge in [-0.2, -0.15) is 0 Å². The van der Waals surface area contributed by atoms with E-state index >= 15 is 0 Å². The number of benzene rings is 2. The standard InChI is InChI=1S/C15H12FIO3/c1-9-6-11(16)3-2-10(9)8-20-14-5-4-12(17)7-13(14)15(18)19/h2-7H,8H2,1H3,(H,18,19). The Kier molecular flexibility index (Phi) is 4.59. The lowest BCUT2D eigenvalue weighted by atomic mass is 10.1. The van der Waals surface area contributed by atoms with E-state index in [1.807, 2.05) is 22.6 Å². The molecule has 3 nitrogen and oxygen atoms in total. The summed E-state index contributed by atoms with van der Waals surface area (Å²) in [4.78, 5) is 11.2. The summed E-state index contributed by atoms with van der Waals surface area (Å²) in [6.45, 7) is 1.99. The maximum atomic E-state index is 13.0. The van der Waals surface area contributed by atoms with E-state index in [4.69, 9.17) is 9.84 Å². The van der Waals surface area contributed by atoms with E-state index in [0.717, 1.165) is 14.7 Å². The van der Waals surface area contributed by atoms with Crippen LogP contribution in [0.4, 0.5) is 4.39 Å². The number of aryl methyl sites for hydroxylation is 1. The van der Waals surface area contributed by atoms with Crippen LogP contribution in [0.1, 0.15) is 21.5 Å². The Hall–Kier alpha value is -1.63. The van der Waals surface area contributed by atoms with Gasteiger partial charge in [0.25, 0.3) is 0 Å². The van der Waals surface area contributed by atoms with Gasteiger partial charge in [-0.3, -0.25) is 0 Å². The molecule has 1 N–H and O–H groups in total. The maximum Gasteiger partial charge on any atom is 0.339 e. The summed E-state index contributed by atoms with van der Waals surface area (Å²) >= 11 is 2.04. The van der Waals surface area contributed by atoms with Crippen LogP contribution in [0.3, 0.4) is 0 Å². The average molecular weight is 386 g/mol. The molecule has 0 aliphatic heterocycles. The van der Waals surface area contributed by atoms with Gasteiger partial charge in [0.05, 0.1) is 0 Å². The highest BCUT2D eigenvalue weighted by Gasteiger charge is 2.12. The Balaban J connectivity index is 2.20. The summed E-state index contributed by atoms with van der Waals surface area (Å²) in [5.74, 6) is -1.03. The van der Waals surface area contributed by atoms with Crippen LogP contribution in [-0.4, -0.2) is 11.1 Å². The molecule has 0 saturated carbocycles. The van der Waals surface area contributed by atoms with Gasteiger partial charge in [0.15, 0.2) is 0 Å². The monoisotopic (exact) mass is 386 g/mol. The van der Waals surface area contributed by atoms with Gasteiger partial charge in [-0.1, -0.05) is 6.07 Å². The number of carboxylic acid groups (broad SMARTS) is 1. The number of ether oxygens (including phenoxy) is 1.